The molecule has 1 aromatic heterocycles. The van der Waals surface area contributed by atoms with Gasteiger partial charge in [-0.3, -0.25) is 4.79 Å². The van der Waals surface area contributed by atoms with Crippen molar-refractivity contribution >= 4 is 49.0 Å². The summed E-state index contributed by atoms with van der Waals surface area (Å²) < 4.78 is 7.37. The van der Waals surface area contributed by atoms with E-state index >= 15 is 0 Å². The topological polar surface area (TPSA) is 26.3 Å². The van der Waals surface area contributed by atoms with E-state index in [4.69, 9.17) is 4.74 Å². The Bertz CT molecular complexity index is 662. The predicted octanol–water partition coefficient (Wildman–Crippen LogP) is 5.97. The molecular formula is C16H16Br2O2S. The van der Waals surface area contributed by atoms with Gasteiger partial charge in [0.1, 0.15) is 5.75 Å². The maximum absolute atomic E-state index is 12.1. The second-order valence-corrected chi connectivity index (χ2v) is 8.87. The molecule has 2 aromatic rings. The largest absolute Gasteiger partial charge is 0.485 e. The van der Waals surface area contributed by atoms with E-state index in [1.165, 1.54) is 22.5 Å². The van der Waals surface area contributed by atoms with Gasteiger partial charge in [0.05, 0.1) is 7.57 Å². The Balaban J connectivity index is 2.05. The summed E-state index contributed by atoms with van der Waals surface area (Å²) >= 11 is 8.25. The van der Waals surface area contributed by atoms with Crippen molar-refractivity contribution < 1.29 is 9.53 Å². The van der Waals surface area contributed by atoms with Gasteiger partial charge in [-0.25, -0.2) is 0 Å². The number of ether oxygens (including phenoxy) is 1. The van der Waals surface area contributed by atoms with Gasteiger partial charge in [0.25, 0.3) is 0 Å². The van der Waals surface area contributed by atoms with E-state index in [1.54, 1.807) is 0 Å². The number of halogens is 2. The molecule has 0 unspecified atom stereocenters. The van der Waals surface area contributed by atoms with Gasteiger partial charge in [-0.1, -0.05) is 19.9 Å². The Kier molecular flexibility index (Phi) is 5.63. The van der Waals surface area contributed by atoms with Crippen LogP contribution < -0.4 is 4.74 Å². The summed E-state index contributed by atoms with van der Waals surface area (Å²) in [5, 5.41) is 0. The zero-order valence-corrected chi connectivity index (χ0v) is 16.1. The molecule has 0 N–H and O–H groups in total. The quantitative estimate of drug-likeness (QED) is 0.545. The van der Waals surface area contributed by atoms with Gasteiger partial charge in [0.2, 0.25) is 5.78 Å². The molecule has 0 aliphatic heterocycles. The number of aryl methyl sites for hydroxylation is 1. The van der Waals surface area contributed by atoms with Crippen LogP contribution in [0.3, 0.4) is 0 Å². The van der Waals surface area contributed by atoms with Crippen LogP contribution >= 0.6 is 43.2 Å². The van der Waals surface area contributed by atoms with E-state index < -0.39 is 0 Å². The number of rotatable bonds is 5. The summed E-state index contributed by atoms with van der Waals surface area (Å²) in [4.78, 5) is 12.1. The smallest absolute Gasteiger partial charge is 0.202 e. The number of hydrogen-bond acceptors (Lipinski definition) is 3. The van der Waals surface area contributed by atoms with E-state index in [0.29, 0.717) is 11.5 Å². The van der Waals surface area contributed by atoms with Gasteiger partial charge in [0.15, 0.2) is 6.61 Å². The summed E-state index contributed by atoms with van der Waals surface area (Å²) in [6, 6.07) is 7.79. The number of benzene rings is 1. The minimum absolute atomic E-state index is 0.0329. The minimum atomic E-state index is -0.0329. The van der Waals surface area contributed by atoms with Crippen molar-refractivity contribution in [3.8, 4) is 5.75 Å². The first-order chi connectivity index (χ1) is 9.88. The molecule has 1 aromatic carbocycles. The van der Waals surface area contributed by atoms with Crippen LogP contribution in [0.1, 0.15) is 41.3 Å². The molecule has 0 fully saturated rings. The third-order valence-corrected chi connectivity index (χ3v) is 5.53. The molecule has 0 aliphatic rings. The molecular weight excluding hydrogens is 416 g/mol. The van der Waals surface area contributed by atoms with Crippen molar-refractivity contribution in [3.63, 3.8) is 0 Å². The molecule has 0 aliphatic carbocycles. The highest BCUT2D eigenvalue weighted by Gasteiger charge is 2.14. The average molecular weight is 432 g/mol. The average Bonchev–Trinajstić information content (AvgIpc) is 2.74. The van der Waals surface area contributed by atoms with Gasteiger partial charge in [-0.15, -0.1) is 11.3 Å². The molecule has 0 amide bonds. The Morgan fingerprint density at radius 3 is 2.52 bits per heavy atom. The molecule has 2 nitrogen and oxygen atoms in total. The highest BCUT2D eigenvalue weighted by Crippen LogP contribution is 2.32. The molecule has 0 spiro atoms. The van der Waals surface area contributed by atoms with Crippen molar-refractivity contribution in [2.45, 2.75) is 26.7 Å². The van der Waals surface area contributed by atoms with Crippen LogP contribution in [0.5, 0.6) is 5.75 Å². The van der Waals surface area contributed by atoms with Gasteiger partial charge in [-0.2, -0.15) is 0 Å². The highest BCUT2D eigenvalue weighted by molar-refractivity contribution is 9.12. The van der Waals surface area contributed by atoms with Crippen LogP contribution in [0.2, 0.25) is 0 Å². The van der Waals surface area contributed by atoms with Crippen LogP contribution in [0.4, 0.5) is 0 Å². The summed E-state index contributed by atoms with van der Waals surface area (Å²) in [5.74, 6) is 1.19. The van der Waals surface area contributed by atoms with Crippen molar-refractivity contribution in [1.29, 1.82) is 0 Å². The molecule has 0 atom stereocenters. The fourth-order valence-corrected chi connectivity index (χ4v) is 5.00. The lowest BCUT2D eigenvalue weighted by Gasteiger charge is -2.12. The monoisotopic (exact) mass is 430 g/mol. The number of hydrogen-bond donors (Lipinski definition) is 0. The van der Waals surface area contributed by atoms with Gasteiger partial charge in [0, 0.05) is 5.56 Å². The summed E-state index contributed by atoms with van der Waals surface area (Å²) in [6.45, 7) is 6.44. The molecule has 2 rings (SSSR count). The number of carbonyl (C=O) groups is 1. The lowest BCUT2D eigenvalue weighted by Crippen LogP contribution is -2.11. The van der Waals surface area contributed by atoms with Gasteiger partial charge >= 0.3 is 0 Å². The second-order valence-electron chi connectivity index (χ2n) is 5.12. The second kappa shape index (κ2) is 7.07. The highest BCUT2D eigenvalue weighted by atomic mass is 79.9. The van der Waals surface area contributed by atoms with E-state index in [2.05, 4.69) is 58.7 Å². The normalized spacial score (nSPS) is 11.0. The molecule has 0 saturated carbocycles. The number of thiophene rings is 1. The van der Waals surface area contributed by atoms with Crippen molar-refractivity contribution in [1.82, 2.24) is 0 Å². The lowest BCUT2D eigenvalue weighted by molar-refractivity contribution is 0.0921. The summed E-state index contributed by atoms with van der Waals surface area (Å²) in [6.07, 6.45) is 0. The van der Waals surface area contributed by atoms with Crippen LogP contribution in [-0.4, -0.2) is 12.4 Å². The molecule has 0 saturated heterocycles. The summed E-state index contributed by atoms with van der Waals surface area (Å²) in [7, 11) is 0. The predicted molar refractivity (Wildman–Crippen MR) is 94.8 cm³/mol. The summed E-state index contributed by atoms with van der Waals surface area (Å²) in [5.41, 5.74) is 3.15. The fourth-order valence-electron chi connectivity index (χ4n) is 2.14. The molecule has 112 valence electrons. The molecule has 21 heavy (non-hydrogen) atoms. The lowest BCUT2D eigenvalue weighted by atomic mass is 9.98. The van der Waals surface area contributed by atoms with E-state index in [1.807, 2.05) is 18.2 Å². The molecule has 1 heterocycles. The van der Waals surface area contributed by atoms with E-state index in [-0.39, 0.29) is 12.4 Å². The van der Waals surface area contributed by atoms with Crippen LogP contribution in [0, 0.1) is 6.92 Å². The van der Waals surface area contributed by atoms with E-state index in [9.17, 15) is 4.79 Å². The van der Waals surface area contributed by atoms with Crippen LogP contribution in [-0.2, 0) is 0 Å². The Hall–Kier alpha value is -0.650. The number of carbonyl (C=O) groups excluding carboxylic acids is 1. The standard InChI is InChI=1S/C16H16Br2O2S/c1-9(2)12-5-4-11(6-10(12)3)20-8-14(19)13-7-15(17)21-16(13)18/h4-7,9H,8H2,1-3H3. The Morgan fingerprint density at radius 2 is 2.00 bits per heavy atom. The Labute approximate surface area is 145 Å². The third kappa shape index (κ3) is 4.18. The fraction of sp³-hybridized carbons (Fsp3) is 0.312. The first-order valence-electron chi connectivity index (χ1n) is 6.60. The van der Waals surface area contributed by atoms with E-state index in [0.717, 1.165) is 13.3 Å². The SMILES string of the molecule is Cc1cc(OCC(=O)c2cc(Br)sc2Br)ccc1C(C)C. The van der Waals surface area contributed by atoms with Gasteiger partial charge in [-0.05, 0) is 74.0 Å². The number of Topliss-reactive ketones (excluding diaryl/α,β-unsaturated/α-hetero) is 1. The molecule has 0 bridgehead atoms. The minimum Gasteiger partial charge on any atom is -0.485 e. The third-order valence-electron chi connectivity index (χ3n) is 3.19. The molecule has 5 heteroatoms. The molecule has 0 radical (unpaired) electrons. The first-order valence-corrected chi connectivity index (χ1v) is 9.00. The van der Waals surface area contributed by atoms with Crippen LogP contribution in [0.25, 0.3) is 0 Å². The maximum atomic E-state index is 12.1. The maximum Gasteiger partial charge on any atom is 0.202 e. The van der Waals surface area contributed by atoms with Crippen molar-refractivity contribution in [2.75, 3.05) is 6.61 Å². The van der Waals surface area contributed by atoms with Gasteiger partial charge < -0.3 is 4.74 Å². The van der Waals surface area contributed by atoms with Crippen molar-refractivity contribution in [3.05, 3.63) is 48.5 Å². The zero-order chi connectivity index (χ0) is 15.6. The number of ketones is 1. The van der Waals surface area contributed by atoms with Crippen molar-refractivity contribution in [2.24, 2.45) is 0 Å². The van der Waals surface area contributed by atoms with Crippen LogP contribution in [0.15, 0.2) is 31.8 Å². The Morgan fingerprint density at radius 1 is 1.29 bits per heavy atom. The first kappa shape index (κ1) is 16.7. The zero-order valence-electron chi connectivity index (χ0n) is 12.1.